The molecule has 0 bridgehead atoms. The van der Waals surface area contributed by atoms with Crippen LogP contribution in [0.5, 0.6) is 0 Å². The lowest BCUT2D eigenvalue weighted by molar-refractivity contribution is -0.0701. The van der Waals surface area contributed by atoms with Gasteiger partial charge in [-0.05, 0) is 24.1 Å². The molecule has 0 aliphatic carbocycles. The Morgan fingerprint density at radius 2 is 2.20 bits per heavy atom. The fourth-order valence-electron chi connectivity index (χ4n) is 1.84. The maximum absolute atomic E-state index is 13.0. The predicted octanol–water partition coefficient (Wildman–Crippen LogP) is 2.13. The minimum Gasteiger partial charge on any atom is -0.396 e. The molecule has 0 atom stereocenters. The molecule has 1 aromatic carbocycles. The quantitative estimate of drug-likeness (QED) is 0.862. The first-order valence-corrected chi connectivity index (χ1v) is 5.20. The fraction of sp³-hybridized carbons (Fsp3) is 0.455. The van der Waals surface area contributed by atoms with Gasteiger partial charge in [0, 0.05) is 12.0 Å². The second kappa shape index (κ2) is 4.08. The van der Waals surface area contributed by atoms with Crippen molar-refractivity contribution in [2.75, 3.05) is 19.8 Å². The minimum absolute atomic E-state index is 0.0956. The highest BCUT2D eigenvalue weighted by atomic mass is 35.5. The zero-order valence-corrected chi connectivity index (χ0v) is 8.93. The van der Waals surface area contributed by atoms with Gasteiger partial charge in [0.2, 0.25) is 0 Å². The smallest absolute Gasteiger partial charge is 0.141 e. The summed E-state index contributed by atoms with van der Waals surface area (Å²) in [5.74, 6) is -0.417. The molecule has 1 fully saturated rings. The molecule has 0 unspecified atom stereocenters. The molecule has 1 aliphatic heterocycles. The van der Waals surface area contributed by atoms with E-state index in [-0.39, 0.29) is 17.0 Å². The van der Waals surface area contributed by atoms with E-state index in [9.17, 15) is 4.39 Å². The van der Waals surface area contributed by atoms with Gasteiger partial charge in [-0.3, -0.25) is 0 Å². The van der Waals surface area contributed by atoms with E-state index in [4.69, 9.17) is 21.4 Å². The first-order chi connectivity index (χ1) is 7.18. The summed E-state index contributed by atoms with van der Waals surface area (Å²) in [6, 6.07) is 4.68. The van der Waals surface area contributed by atoms with Crippen molar-refractivity contribution in [2.45, 2.75) is 11.8 Å². The van der Waals surface area contributed by atoms with E-state index >= 15 is 0 Å². The van der Waals surface area contributed by atoms with Crippen molar-refractivity contribution in [3.63, 3.8) is 0 Å². The molecule has 0 aromatic heterocycles. The summed E-state index contributed by atoms with van der Waals surface area (Å²) in [4.78, 5) is 0. The van der Waals surface area contributed by atoms with Gasteiger partial charge in [-0.1, -0.05) is 17.7 Å². The Morgan fingerprint density at radius 3 is 2.67 bits per heavy atom. The Bertz CT molecular complexity index is 364. The molecular formula is C11H12ClFO2. The first-order valence-electron chi connectivity index (χ1n) is 4.82. The van der Waals surface area contributed by atoms with Crippen LogP contribution in [0.2, 0.25) is 5.02 Å². The lowest BCUT2D eigenvalue weighted by Crippen LogP contribution is -2.47. The number of hydrogen-bond donors (Lipinski definition) is 1. The van der Waals surface area contributed by atoms with Crippen LogP contribution in [0.15, 0.2) is 18.2 Å². The van der Waals surface area contributed by atoms with E-state index in [0.717, 1.165) is 5.56 Å². The van der Waals surface area contributed by atoms with Crippen LogP contribution in [0.1, 0.15) is 12.0 Å². The van der Waals surface area contributed by atoms with Crippen molar-refractivity contribution in [3.05, 3.63) is 34.6 Å². The molecule has 1 N–H and O–H groups in total. The van der Waals surface area contributed by atoms with Crippen molar-refractivity contribution in [1.82, 2.24) is 0 Å². The lowest BCUT2D eigenvalue weighted by Gasteiger charge is -2.41. The predicted molar refractivity (Wildman–Crippen MR) is 55.6 cm³/mol. The summed E-state index contributed by atoms with van der Waals surface area (Å²) in [5.41, 5.74) is 0.765. The van der Waals surface area contributed by atoms with E-state index in [2.05, 4.69) is 0 Å². The van der Waals surface area contributed by atoms with Crippen molar-refractivity contribution < 1.29 is 14.2 Å². The molecule has 0 saturated carbocycles. The normalized spacial score (nSPS) is 18.6. The average Bonchev–Trinajstić information content (AvgIpc) is 2.16. The summed E-state index contributed by atoms with van der Waals surface area (Å²) in [6.45, 7) is 1.23. The highest BCUT2D eigenvalue weighted by Crippen LogP contribution is 2.36. The van der Waals surface area contributed by atoms with E-state index < -0.39 is 5.82 Å². The van der Waals surface area contributed by atoms with Crippen LogP contribution >= 0.6 is 11.6 Å². The third-order valence-electron chi connectivity index (χ3n) is 2.88. The molecule has 4 heteroatoms. The van der Waals surface area contributed by atoms with Gasteiger partial charge in [0.1, 0.15) is 5.82 Å². The molecule has 0 radical (unpaired) electrons. The number of hydrogen-bond acceptors (Lipinski definition) is 2. The standard InChI is InChI=1S/C11H12ClFO2/c12-9-5-8(1-2-10(9)13)11(3-4-14)6-15-7-11/h1-2,5,14H,3-4,6-7H2. The van der Waals surface area contributed by atoms with Gasteiger partial charge in [-0.25, -0.2) is 4.39 Å². The first kappa shape index (κ1) is 10.9. The molecule has 1 aromatic rings. The number of rotatable bonds is 3. The van der Waals surface area contributed by atoms with Crippen LogP contribution in [0, 0.1) is 5.82 Å². The van der Waals surface area contributed by atoms with Crippen LogP contribution in [-0.4, -0.2) is 24.9 Å². The average molecular weight is 231 g/mol. The van der Waals surface area contributed by atoms with Gasteiger partial charge in [-0.15, -0.1) is 0 Å². The zero-order chi connectivity index (χ0) is 10.9. The van der Waals surface area contributed by atoms with E-state index in [1.807, 2.05) is 0 Å². The Balaban J connectivity index is 2.30. The molecule has 15 heavy (non-hydrogen) atoms. The Morgan fingerprint density at radius 1 is 1.47 bits per heavy atom. The van der Waals surface area contributed by atoms with Crippen LogP contribution in [0.25, 0.3) is 0 Å². The maximum Gasteiger partial charge on any atom is 0.141 e. The molecular weight excluding hydrogens is 219 g/mol. The number of halogens is 2. The van der Waals surface area contributed by atoms with Crippen LogP contribution < -0.4 is 0 Å². The molecule has 1 aliphatic rings. The number of ether oxygens (including phenoxy) is 1. The van der Waals surface area contributed by atoms with Gasteiger partial charge in [-0.2, -0.15) is 0 Å². The van der Waals surface area contributed by atoms with Crippen LogP contribution in [0.3, 0.4) is 0 Å². The third-order valence-corrected chi connectivity index (χ3v) is 3.17. The summed E-state index contributed by atoms with van der Waals surface area (Å²) in [7, 11) is 0. The van der Waals surface area contributed by atoms with E-state index in [1.165, 1.54) is 6.07 Å². The Kier molecular flexibility index (Phi) is 2.96. The molecule has 1 saturated heterocycles. The minimum atomic E-state index is -0.417. The number of aliphatic hydroxyl groups is 1. The van der Waals surface area contributed by atoms with Gasteiger partial charge < -0.3 is 9.84 Å². The SMILES string of the molecule is OCCC1(c2ccc(F)c(Cl)c2)COC1. The summed E-state index contributed by atoms with van der Waals surface area (Å²) >= 11 is 5.72. The molecule has 82 valence electrons. The van der Waals surface area contributed by atoms with Crippen molar-refractivity contribution >= 4 is 11.6 Å². The lowest BCUT2D eigenvalue weighted by atomic mass is 9.76. The van der Waals surface area contributed by atoms with E-state index in [1.54, 1.807) is 12.1 Å². The number of benzene rings is 1. The molecule has 1 heterocycles. The number of aliphatic hydroxyl groups excluding tert-OH is 1. The molecule has 2 nitrogen and oxygen atoms in total. The Hall–Kier alpha value is -0.640. The summed E-state index contributed by atoms with van der Waals surface area (Å²) in [6.07, 6.45) is 0.620. The van der Waals surface area contributed by atoms with Gasteiger partial charge in [0.15, 0.2) is 0 Å². The molecule has 0 spiro atoms. The topological polar surface area (TPSA) is 29.5 Å². The summed E-state index contributed by atoms with van der Waals surface area (Å²) < 4.78 is 18.1. The monoisotopic (exact) mass is 230 g/mol. The van der Waals surface area contributed by atoms with Crippen LogP contribution in [0.4, 0.5) is 4.39 Å². The van der Waals surface area contributed by atoms with Crippen molar-refractivity contribution in [1.29, 1.82) is 0 Å². The van der Waals surface area contributed by atoms with Gasteiger partial charge in [0.25, 0.3) is 0 Å². The second-order valence-corrected chi connectivity index (χ2v) is 4.28. The zero-order valence-electron chi connectivity index (χ0n) is 8.17. The Labute approximate surface area is 92.6 Å². The highest BCUT2D eigenvalue weighted by molar-refractivity contribution is 6.30. The second-order valence-electron chi connectivity index (χ2n) is 3.88. The highest BCUT2D eigenvalue weighted by Gasteiger charge is 2.39. The largest absolute Gasteiger partial charge is 0.396 e. The molecule has 2 rings (SSSR count). The van der Waals surface area contributed by atoms with Crippen molar-refractivity contribution in [2.24, 2.45) is 0 Å². The van der Waals surface area contributed by atoms with Gasteiger partial charge in [0.05, 0.1) is 18.2 Å². The fourth-order valence-corrected chi connectivity index (χ4v) is 2.02. The van der Waals surface area contributed by atoms with Crippen LogP contribution in [-0.2, 0) is 10.2 Å². The summed E-state index contributed by atoms with van der Waals surface area (Å²) in [5, 5.41) is 9.11. The van der Waals surface area contributed by atoms with Crippen molar-refractivity contribution in [3.8, 4) is 0 Å². The maximum atomic E-state index is 13.0. The van der Waals surface area contributed by atoms with Gasteiger partial charge >= 0.3 is 0 Å². The van der Waals surface area contributed by atoms with E-state index in [0.29, 0.717) is 19.6 Å². The third kappa shape index (κ3) is 1.87. The molecule has 0 amide bonds.